The Morgan fingerprint density at radius 1 is 0.978 bits per heavy atom. The van der Waals surface area contributed by atoms with Crippen LogP contribution in [-0.2, 0) is 20.2 Å². The fourth-order valence-electron chi connectivity index (χ4n) is 3.81. The van der Waals surface area contributed by atoms with E-state index in [1.807, 2.05) is 0 Å². The van der Waals surface area contributed by atoms with Crippen LogP contribution < -0.4 is 74.3 Å². The number of nitro benzene ring substituents is 1. The zero-order chi connectivity index (χ0) is 32.1. The summed E-state index contributed by atoms with van der Waals surface area (Å²) in [5.41, 5.74) is -1.01. The van der Waals surface area contributed by atoms with Crippen LogP contribution in [0.2, 0.25) is 5.02 Å². The van der Waals surface area contributed by atoms with Gasteiger partial charge in [0.25, 0.3) is 15.8 Å². The van der Waals surface area contributed by atoms with Gasteiger partial charge in [0.05, 0.1) is 32.0 Å². The number of para-hydroxylation sites is 1. The normalized spacial score (nSPS) is 11.9. The predicted molar refractivity (Wildman–Crippen MR) is 157 cm³/mol. The molecule has 0 aliphatic heterocycles. The van der Waals surface area contributed by atoms with Gasteiger partial charge in [0, 0.05) is 24.1 Å². The van der Waals surface area contributed by atoms with Gasteiger partial charge in [-0.25, -0.2) is 8.42 Å². The smallest absolute Gasteiger partial charge is 0.860 e. The number of fused-ring (bicyclic) bond motifs is 1. The number of hydrogen-bond donors (Lipinski definition) is 2. The average molecular weight is 708 g/mol. The molecule has 0 saturated heterocycles. The number of rotatable bonds is 12. The molecular weight excluding hydrogens is 688 g/mol. The van der Waals surface area contributed by atoms with Gasteiger partial charge >= 0.3 is 59.1 Å². The molecule has 0 fully saturated rings. The van der Waals surface area contributed by atoms with Crippen LogP contribution in [0, 0.1) is 10.1 Å². The molecule has 0 unspecified atom stereocenters. The number of nitrogens with zero attached hydrogens (tertiary/aromatic N) is 4. The molecule has 0 spiro atoms. The third-order valence-corrected chi connectivity index (χ3v) is 7.87. The maximum Gasteiger partial charge on any atom is 1.00 e. The van der Waals surface area contributed by atoms with E-state index >= 15 is 0 Å². The van der Waals surface area contributed by atoms with E-state index in [1.165, 1.54) is 12.1 Å². The van der Waals surface area contributed by atoms with Crippen molar-refractivity contribution in [2.45, 2.75) is 9.79 Å². The average Bonchev–Trinajstić information content (AvgIpc) is 2.96. The predicted octanol–water partition coefficient (Wildman–Crippen LogP) is -1.77. The van der Waals surface area contributed by atoms with Gasteiger partial charge in [0.2, 0.25) is 0 Å². The number of nitrogens with one attached hydrogen (secondary N) is 1. The molecule has 0 aliphatic carbocycles. The number of hydrogen-bond acceptors (Lipinski definition) is 13. The molecule has 0 aromatic heterocycles. The Bertz CT molecular complexity index is 2030. The summed E-state index contributed by atoms with van der Waals surface area (Å²) in [7, 11) is -9.86. The van der Waals surface area contributed by atoms with Crippen LogP contribution in [0.25, 0.3) is 10.8 Å². The molecule has 0 amide bonds. The second-order valence-electron chi connectivity index (χ2n) is 8.80. The van der Waals surface area contributed by atoms with Crippen LogP contribution in [0.3, 0.4) is 0 Å². The summed E-state index contributed by atoms with van der Waals surface area (Å²) in [6.07, 6.45) is 0. The molecule has 0 bridgehead atoms. The summed E-state index contributed by atoms with van der Waals surface area (Å²) in [6.45, 7) is -0.343. The first-order chi connectivity index (χ1) is 20.7. The molecule has 0 radical (unpaired) electrons. The Labute approximate surface area is 312 Å². The van der Waals surface area contributed by atoms with Gasteiger partial charge in [-0.05, 0) is 47.7 Å². The first-order valence-electron chi connectivity index (χ1n) is 12.3. The second kappa shape index (κ2) is 16.9. The fraction of sp³-hybridized carbons (Fsp3) is 0.115. The van der Waals surface area contributed by atoms with Crippen molar-refractivity contribution in [3.8, 4) is 5.75 Å². The summed E-state index contributed by atoms with van der Waals surface area (Å²) in [5.74, 6) is -0.264. The van der Waals surface area contributed by atoms with E-state index in [2.05, 4.69) is 20.5 Å². The zero-order valence-electron chi connectivity index (χ0n) is 24.2. The minimum atomic E-state index is -5.22. The van der Waals surface area contributed by atoms with E-state index in [9.17, 15) is 41.2 Å². The number of nitro groups is 1. The number of halogens is 1. The molecule has 46 heavy (non-hydrogen) atoms. The molecule has 0 atom stereocenters. The van der Waals surface area contributed by atoms with E-state index in [0.29, 0.717) is 22.2 Å². The van der Waals surface area contributed by atoms with Crippen LogP contribution in [-0.4, -0.2) is 56.5 Å². The van der Waals surface area contributed by atoms with Gasteiger partial charge in [-0.2, -0.15) is 8.42 Å². The van der Waals surface area contributed by atoms with Gasteiger partial charge in [0.1, 0.15) is 33.8 Å². The number of aliphatic imine (C=N–C) groups is 1. The largest absolute Gasteiger partial charge is 1.00 e. The Kier molecular flexibility index (Phi) is 14.5. The van der Waals surface area contributed by atoms with Crippen LogP contribution >= 0.6 is 11.6 Å². The minimum absolute atomic E-state index is 0. The van der Waals surface area contributed by atoms with Crippen LogP contribution in [0.5, 0.6) is 5.75 Å². The summed E-state index contributed by atoms with van der Waals surface area (Å²) in [6, 6.07) is 15.7. The van der Waals surface area contributed by atoms with E-state index in [-0.39, 0.29) is 95.6 Å². The maximum absolute atomic E-state index is 12.2. The van der Waals surface area contributed by atoms with E-state index < -0.39 is 52.2 Å². The third-order valence-electron chi connectivity index (χ3n) is 5.85. The van der Waals surface area contributed by atoms with E-state index in [0.717, 1.165) is 24.3 Å². The molecule has 0 saturated carbocycles. The van der Waals surface area contributed by atoms with Crippen molar-refractivity contribution in [1.82, 2.24) is 0 Å². The number of ether oxygens (including phenoxy) is 1. The standard InChI is InChI=1S/C26H22ClN5O10S2.2Na/c27-20-3-1-2-4-23(20)42-15-25(33)29-12-11-28-22-9-6-16-5-8-18(43(36,37)38)14-19(16)26(22)31-30-21-10-7-17(32(34)35)13-24(21)44(39,40)41;;/h1-10,13-14,28H,11-12,15H2,(H,29,33)(H,36,37,38)(H,39,40,41);;/q;2*+1/p-2. The SMILES string of the molecule is O=[N+]([O-])c1ccc(N=Nc2c(NCCN=C([O-])COc3ccccc3Cl)ccc3ccc(S(=O)(=O)O)cc23)c(S(=O)(=O)[O-])c1.[Na+].[Na+]. The van der Waals surface area contributed by atoms with Crippen molar-refractivity contribution in [2.75, 3.05) is 25.0 Å². The van der Waals surface area contributed by atoms with Crippen molar-refractivity contribution >= 4 is 71.3 Å². The van der Waals surface area contributed by atoms with Crippen LogP contribution in [0.4, 0.5) is 22.7 Å². The zero-order valence-corrected chi connectivity index (χ0v) is 30.5. The van der Waals surface area contributed by atoms with Crippen molar-refractivity contribution < 1.29 is 99.8 Å². The molecule has 4 rings (SSSR count). The molecule has 0 heterocycles. The minimum Gasteiger partial charge on any atom is -0.860 e. The molecule has 15 nitrogen and oxygen atoms in total. The van der Waals surface area contributed by atoms with Crippen molar-refractivity contribution in [2.24, 2.45) is 15.2 Å². The molecule has 4 aromatic rings. The van der Waals surface area contributed by atoms with Crippen LogP contribution in [0.15, 0.2) is 97.8 Å². The number of anilines is 1. The van der Waals surface area contributed by atoms with Gasteiger partial charge in [-0.15, -0.1) is 10.2 Å². The fourth-order valence-corrected chi connectivity index (χ4v) is 5.14. The first-order valence-corrected chi connectivity index (χ1v) is 15.5. The summed E-state index contributed by atoms with van der Waals surface area (Å²) in [4.78, 5) is 12.6. The van der Waals surface area contributed by atoms with Gasteiger partial charge in [-0.1, -0.05) is 35.9 Å². The summed E-state index contributed by atoms with van der Waals surface area (Å²) >= 11 is 6.00. The molecule has 230 valence electrons. The number of azo groups is 1. The van der Waals surface area contributed by atoms with Crippen LogP contribution in [0.1, 0.15) is 0 Å². The monoisotopic (exact) mass is 707 g/mol. The Morgan fingerprint density at radius 2 is 1.67 bits per heavy atom. The van der Waals surface area contributed by atoms with Crippen molar-refractivity contribution in [1.29, 1.82) is 0 Å². The third kappa shape index (κ3) is 10.4. The van der Waals surface area contributed by atoms with Crippen molar-refractivity contribution in [3.05, 3.63) is 87.9 Å². The van der Waals surface area contributed by atoms with Gasteiger partial charge in [-0.3, -0.25) is 14.7 Å². The summed E-state index contributed by atoms with van der Waals surface area (Å²) < 4.78 is 73.9. The molecular formula is C26H20ClN5Na2O10S2. The molecule has 4 aromatic carbocycles. The van der Waals surface area contributed by atoms with Gasteiger partial charge in [0.15, 0.2) is 0 Å². The number of non-ortho nitro benzene ring substituents is 1. The summed E-state index contributed by atoms with van der Waals surface area (Å²) in [5, 5.41) is 35.0. The molecule has 20 heteroatoms. The molecule has 0 aliphatic rings. The maximum atomic E-state index is 12.2. The molecule has 2 N–H and O–H groups in total. The first kappa shape index (κ1) is 39.5. The Morgan fingerprint density at radius 3 is 2.33 bits per heavy atom. The Hall–Kier alpha value is -2.68. The number of benzene rings is 4. The van der Waals surface area contributed by atoms with Gasteiger partial charge < -0.3 is 24.7 Å². The Balaban J connectivity index is 0.00000368. The quantitative estimate of drug-likeness (QED) is 0.0244. The van der Waals surface area contributed by atoms with Crippen molar-refractivity contribution in [3.63, 3.8) is 0 Å². The second-order valence-corrected chi connectivity index (χ2v) is 12.0. The topological polar surface area (TPSA) is 236 Å². The van der Waals surface area contributed by atoms with E-state index in [1.54, 1.807) is 30.3 Å². The van der Waals surface area contributed by atoms with E-state index in [4.69, 9.17) is 16.3 Å².